The van der Waals surface area contributed by atoms with Crippen LogP contribution in [0.4, 0.5) is 8.78 Å². The van der Waals surface area contributed by atoms with Crippen LogP contribution in [-0.4, -0.2) is 43.7 Å². The Labute approximate surface area is 114 Å². The van der Waals surface area contributed by atoms with Crippen molar-refractivity contribution in [2.75, 3.05) is 13.2 Å². The van der Waals surface area contributed by atoms with Gasteiger partial charge in [-0.05, 0) is 17.7 Å². The van der Waals surface area contributed by atoms with Gasteiger partial charge in [0.25, 0.3) is 5.92 Å². The van der Waals surface area contributed by atoms with Gasteiger partial charge in [-0.1, -0.05) is 12.1 Å². The molecule has 112 valence electrons. The third kappa shape index (κ3) is 5.19. The number of carboxylic acid groups (broad SMARTS) is 1. The highest BCUT2D eigenvalue weighted by Gasteiger charge is 2.29. The minimum Gasteiger partial charge on any atom is -0.478 e. The van der Waals surface area contributed by atoms with E-state index in [1.165, 1.54) is 24.3 Å². The largest absolute Gasteiger partial charge is 0.478 e. The molecule has 6 nitrogen and oxygen atoms in total. The maximum absolute atomic E-state index is 12.7. The molecule has 0 heterocycles. The molecule has 20 heavy (non-hydrogen) atoms. The first kappa shape index (κ1) is 16.5. The molecule has 0 saturated heterocycles. The van der Waals surface area contributed by atoms with Crippen molar-refractivity contribution in [3.63, 3.8) is 0 Å². The van der Waals surface area contributed by atoms with Gasteiger partial charge in [-0.3, -0.25) is 0 Å². The first-order chi connectivity index (χ1) is 9.15. The predicted molar refractivity (Wildman–Crippen MR) is 66.1 cm³/mol. The first-order valence-corrected chi connectivity index (χ1v) is 7.09. The molecular weight excluding hydrogens is 296 g/mol. The Morgan fingerprint density at radius 1 is 1.25 bits per heavy atom. The summed E-state index contributed by atoms with van der Waals surface area (Å²) in [6.45, 7) is -2.65. The summed E-state index contributed by atoms with van der Waals surface area (Å²) < 4.78 is 50.2. The number of aromatic carboxylic acids is 1. The van der Waals surface area contributed by atoms with Gasteiger partial charge < -0.3 is 10.2 Å². The zero-order valence-corrected chi connectivity index (χ0v) is 11.0. The second kappa shape index (κ2) is 6.25. The average molecular weight is 309 g/mol. The van der Waals surface area contributed by atoms with Crippen molar-refractivity contribution in [1.29, 1.82) is 0 Å². The van der Waals surface area contributed by atoms with E-state index in [0.29, 0.717) is 0 Å². The van der Waals surface area contributed by atoms with Crippen LogP contribution >= 0.6 is 0 Å². The number of nitrogens with one attached hydrogen (secondary N) is 1. The highest BCUT2D eigenvalue weighted by Crippen LogP contribution is 2.12. The van der Waals surface area contributed by atoms with Crippen molar-refractivity contribution in [2.45, 2.75) is 11.7 Å². The number of alkyl halides is 2. The first-order valence-electron chi connectivity index (χ1n) is 5.43. The fourth-order valence-electron chi connectivity index (χ4n) is 1.29. The molecule has 0 saturated carbocycles. The molecule has 0 aromatic heterocycles. The zero-order chi connectivity index (χ0) is 15.4. The molecule has 9 heteroatoms. The van der Waals surface area contributed by atoms with Gasteiger partial charge in [0.05, 0.1) is 17.9 Å². The molecule has 0 amide bonds. The Balaban J connectivity index is 2.69. The van der Waals surface area contributed by atoms with Crippen LogP contribution in [0.1, 0.15) is 15.9 Å². The van der Waals surface area contributed by atoms with E-state index in [1.54, 1.807) is 4.72 Å². The van der Waals surface area contributed by atoms with Crippen LogP contribution in [0.15, 0.2) is 24.3 Å². The van der Waals surface area contributed by atoms with Crippen LogP contribution in [0.5, 0.6) is 0 Å². The molecule has 0 unspecified atom stereocenters. The number of benzene rings is 1. The van der Waals surface area contributed by atoms with E-state index < -0.39 is 40.8 Å². The fraction of sp³-hybridized carbons (Fsp3) is 0.364. The van der Waals surface area contributed by atoms with Crippen LogP contribution in [0.25, 0.3) is 0 Å². The molecule has 0 aliphatic rings. The summed E-state index contributed by atoms with van der Waals surface area (Å²) in [7, 11) is -4.00. The van der Waals surface area contributed by atoms with E-state index in [-0.39, 0.29) is 11.1 Å². The maximum Gasteiger partial charge on any atom is 0.335 e. The third-order valence-corrected chi connectivity index (χ3v) is 3.64. The minimum atomic E-state index is -4.00. The topological polar surface area (TPSA) is 104 Å². The van der Waals surface area contributed by atoms with E-state index >= 15 is 0 Å². The van der Waals surface area contributed by atoms with Gasteiger partial charge in [0.15, 0.2) is 0 Å². The molecule has 3 N–H and O–H groups in total. The molecule has 0 aliphatic heterocycles. The van der Waals surface area contributed by atoms with Crippen LogP contribution in [0.3, 0.4) is 0 Å². The molecule has 0 fully saturated rings. The van der Waals surface area contributed by atoms with Crippen molar-refractivity contribution in [3.05, 3.63) is 35.4 Å². The van der Waals surface area contributed by atoms with E-state index in [4.69, 9.17) is 10.2 Å². The summed E-state index contributed by atoms with van der Waals surface area (Å²) in [5.41, 5.74) is 0.251. The molecular formula is C11H13F2NO5S. The summed E-state index contributed by atoms with van der Waals surface area (Å²) in [5.74, 6) is -5.24. The van der Waals surface area contributed by atoms with Crippen molar-refractivity contribution in [1.82, 2.24) is 4.72 Å². The number of aliphatic hydroxyl groups excluding tert-OH is 1. The van der Waals surface area contributed by atoms with Crippen molar-refractivity contribution >= 4 is 16.0 Å². The van der Waals surface area contributed by atoms with Gasteiger partial charge in [-0.15, -0.1) is 0 Å². The smallest absolute Gasteiger partial charge is 0.335 e. The molecule has 1 rings (SSSR count). The van der Waals surface area contributed by atoms with Crippen molar-refractivity contribution in [3.8, 4) is 0 Å². The zero-order valence-electron chi connectivity index (χ0n) is 10.2. The second-order valence-corrected chi connectivity index (χ2v) is 5.90. The maximum atomic E-state index is 12.7. The van der Waals surface area contributed by atoms with Crippen LogP contribution < -0.4 is 4.72 Å². The van der Waals surface area contributed by atoms with Gasteiger partial charge in [0, 0.05) is 0 Å². The number of aliphatic hydroxyl groups is 1. The number of halogens is 2. The Morgan fingerprint density at radius 2 is 1.80 bits per heavy atom. The lowest BCUT2D eigenvalue weighted by molar-refractivity contribution is -0.0437. The molecule has 0 atom stereocenters. The monoisotopic (exact) mass is 309 g/mol. The van der Waals surface area contributed by atoms with E-state index in [2.05, 4.69) is 0 Å². The fourth-order valence-corrected chi connectivity index (χ4v) is 2.45. The van der Waals surface area contributed by atoms with Gasteiger partial charge in [-0.25, -0.2) is 26.7 Å². The van der Waals surface area contributed by atoms with Gasteiger partial charge in [-0.2, -0.15) is 0 Å². The van der Waals surface area contributed by atoms with Crippen LogP contribution in [0.2, 0.25) is 0 Å². The lowest BCUT2D eigenvalue weighted by Crippen LogP contribution is -2.39. The average Bonchev–Trinajstić information content (AvgIpc) is 2.37. The Bertz CT molecular complexity index is 571. The SMILES string of the molecule is O=C(O)c1ccc(CS(=O)(=O)NCC(F)(F)CO)cc1. The van der Waals surface area contributed by atoms with E-state index in [0.717, 1.165) is 0 Å². The predicted octanol–water partition coefficient (Wildman–Crippen LogP) is 0.432. The molecule has 0 radical (unpaired) electrons. The summed E-state index contributed by atoms with van der Waals surface area (Å²) >= 11 is 0. The lowest BCUT2D eigenvalue weighted by atomic mass is 10.1. The molecule has 0 aliphatic carbocycles. The second-order valence-electron chi connectivity index (χ2n) is 4.10. The van der Waals surface area contributed by atoms with Gasteiger partial charge in [0.1, 0.15) is 6.61 Å². The Kier molecular flexibility index (Phi) is 5.15. The van der Waals surface area contributed by atoms with E-state index in [9.17, 15) is 22.0 Å². The number of hydrogen-bond acceptors (Lipinski definition) is 4. The quantitative estimate of drug-likeness (QED) is 0.678. The number of carboxylic acids is 1. The lowest BCUT2D eigenvalue weighted by Gasteiger charge is -2.14. The summed E-state index contributed by atoms with van der Waals surface area (Å²) in [5, 5.41) is 17.0. The highest BCUT2D eigenvalue weighted by atomic mass is 32.2. The van der Waals surface area contributed by atoms with Gasteiger partial charge in [0.2, 0.25) is 10.0 Å². The molecule has 0 spiro atoms. The van der Waals surface area contributed by atoms with Crippen LogP contribution in [-0.2, 0) is 15.8 Å². The normalized spacial score (nSPS) is 12.3. The molecule has 1 aromatic carbocycles. The van der Waals surface area contributed by atoms with Crippen molar-refractivity contribution in [2.24, 2.45) is 0 Å². The molecule has 1 aromatic rings. The molecule has 0 bridgehead atoms. The van der Waals surface area contributed by atoms with E-state index in [1.807, 2.05) is 0 Å². The summed E-state index contributed by atoms with van der Waals surface area (Å²) in [6, 6.07) is 5.00. The number of hydrogen-bond donors (Lipinski definition) is 3. The van der Waals surface area contributed by atoms with Gasteiger partial charge >= 0.3 is 5.97 Å². The number of sulfonamides is 1. The standard InChI is InChI=1S/C11H13F2NO5S/c12-11(13,7-15)6-14-20(18,19)5-8-1-3-9(4-2-8)10(16)17/h1-4,14-15H,5-7H2,(H,16,17). The Morgan fingerprint density at radius 3 is 2.25 bits per heavy atom. The number of carbonyl (C=O) groups is 1. The summed E-state index contributed by atoms with van der Waals surface area (Å²) in [4.78, 5) is 10.6. The number of rotatable bonds is 7. The summed E-state index contributed by atoms with van der Waals surface area (Å²) in [6.07, 6.45) is 0. The van der Waals surface area contributed by atoms with Crippen LogP contribution in [0, 0.1) is 0 Å². The minimum absolute atomic E-state index is 0.00841. The van der Waals surface area contributed by atoms with Crippen molar-refractivity contribution < 1.29 is 32.2 Å². The Hall–Kier alpha value is -1.58. The third-order valence-electron chi connectivity index (χ3n) is 2.34. The highest BCUT2D eigenvalue weighted by molar-refractivity contribution is 7.88.